The molecule has 308 valence electrons. The van der Waals surface area contributed by atoms with Gasteiger partial charge in [0.2, 0.25) is 11.8 Å². The topological polar surface area (TPSA) is 115 Å². The number of aromatic hydroxyl groups is 1. The van der Waals surface area contributed by atoms with E-state index in [0.29, 0.717) is 56.0 Å². The monoisotopic (exact) mass is 797 g/mol. The number of rotatable bonds is 6. The maximum Gasteiger partial charge on any atom is 0.254 e. The number of piperidine rings is 2. The van der Waals surface area contributed by atoms with Gasteiger partial charge in [0.15, 0.2) is 0 Å². The van der Waals surface area contributed by atoms with Crippen molar-refractivity contribution in [3.8, 4) is 17.2 Å². The predicted octanol–water partition coefficient (Wildman–Crippen LogP) is 6.46. The Morgan fingerprint density at radius 2 is 1.61 bits per heavy atom. The summed E-state index contributed by atoms with van der Waals surface area (Å²) >= 11 is 0. The Kier molecular flexibility index (Phi) is 11.0. The fourth-order valence-electron chi connectivity index (χ4n) is 10.4. The normalized spacial score (nSPS) is 22.9. The van der Waals surface area contributed by atoms with Crippen molar-refractivity contribution in [1.82, 2.24) is 15.1 Å². The van der Waals surface area contributed by atoms with Gasteiger partial charge >= 0.3 is 0 Å². The van der Waals surface area contributed by atoms with Crippen molar-refractivity contribution in [1.29, 1.82) is 0 Å². The van der Waals surface area contributed by atoms with E-state index < -0.39 is 0 Å². The fraction of sp³-hybridized carbons (Fsp3) is 0.438. The number of benzene rings is 4. The van der Waals surface area contributed by atoms with E-state index in [0.717, 1.165) is 80.4 Å². The number of piperazine rings is 1. The summed E-state index contributed by atoms with van der Waals surface area (Å²) in [4.78, 5) is 42.7. The number of hydrogen-bond acceptors (Lipinski definition) is 9. The predicted molar refractivity (Wildman–Crippen MR) is 228 cm³/mol. The Labute approximate surface area is 346 Å². The molecule has 4 aromatic rings. The summed E-state index contributed by atoms with van der Waals surface area (Å²) in [6, 6.07) is 28.2. The average Bonchev–Trinajstić information content (AvgIpc) is 3.53. The third-order valence-electron chi connectivity index (χ3n) is 13.4. The molecule has 3 atom stereocenters. The first kappa shape index (κ1) is 38.9. The number of phenolic OH excluding ortho intramolecular Hbond substituents is 1. The van der Waals surface area contributed by atoms with E-state index in [-0.39, 0.29) is 23.6 Å². The van der Waals surface area contributed by atoms with Gasteiger partial charge in [0.25, 0.3) is 5.91 Å². The van der Waals surface area contributed by atoms with Crippen molar-refractivity contribution in [3.05, 3.63) is 112 Å². The summed E-state index contributed by atoms with van der Waals surface area (Å²) in [7, 11) is 3.67. The Balaban J connectivity index is 0.000000505. The molecule has 6 aliphatic rings. The molecule has 3 saturated heterocycles. The molecule has 0 radical (unpaired) electrons. The van der Waals surface area contributed by atoms with Crippen LogP contribution in [-0.2, 0) is 22.6 Å². The smallest absolute Gasteiger partial charge is 0.254 e. The minimum atomic E-state index is -0.138. The van der Waals surface area contributed by atoms with Gasteiger partial charge in [-0.3, -0.25) is 24.6 Å². The number of anilines is 2. The first-order valence-corrected chi connectivity index (χ1v) is 21.4. The lowest BCUT2D eigenvalue weighted by atomic mass is 9.69. The zero-order valence-corrected chi connectivity index (χ0v) is 34.2. The molecule has 11 nitrogen and oxygen atoms in total. The average molecular weight is 798 g/mol. The van der Waals surface area contributed by atoms with E-state index in [2.05, 4.69) is 80.7 Å². The molecule has 2 N–H and O–H groups in total. The molecule has 0 spiro atoms. The number of aryl methyl sites for hydroxylation is 1. The van der Waals surface area contributed by atoms with Crippen molar-refractivity contribution in [2.24, 2.45) is 5.92 Å². The van der Waals surface area contributed by atoms with Gasteiger partial charge in [0, 0.05) is 94.5 Å². The Hall–Kier alpha value is -5.55. The minimum absolute atomic E-state index is 0.0932. The first-order valence-electron chi connectivity index (χ1n) is 21.4. The SMILES string of the molecule is COc1cc(N2CCC(CN3CCN4c5cc6c(cc5OCC4C3)C(=O)N(C)C6)CC2)ccc1C1c2ccc(O)cc2CCC1c1ccccc1.O=C1CCCC(=O)N1. The van der Waals surface area contributed by atoms with Crippen LogP contribution in [0.5, 0.6) is 17.2 Å². The van der Waals surface area contributed by atoms with E-state index in [1.54, 1.807) is 12.0 Å². The number of nitrogens with zero attached hydrogens (tertiary/aromatic N) is 4. The molecule has 59 heavy (non-hydrogen) atoms. The second-order valence-electron chi connectivity index (χ2n) is 17.2. The highest BCUT2D eigenvalue weighted by molar-refractivity contribution is 5.99. The van der Waals surface area contributed by atoms with Crippen LogP contribution in [0.1, 0.15) is 88.5 Å². The third kappa shape index (κ3) is 7.97. The van der Waals surface area contributed by atoms with E-state index in [4.69, 9.17) is 9.47 Å². The molecule has 10 rings (SSSR count). The van der Waals surface area contributed by atoms with E-state index >= 15 is 0 Å². The van der Waals surface area contributed by atoms with Gasteiger partial charge in [-0.05, 0) is 96.5 Å². The number of fused-ring (bicyclic) bond motifs is 5. The molecule has 0 saturated carbocycles. The van der Waals surface area contributed by atoms with Gasteiger partial charge in [-0.15, -0.1) is 0 Å². The first-order chi connectivity index (χ1) is 28.7. The van der Waals surface area contributed by atoms with Crippen LogP contribution in [0.15, 0.2) is 78.9 Å². The number of carbonyl (C=O) groups excluding carboxylic acids is 3. The van der Waals surface area contributed by atoms with Crippen molar-refractivity contribution >= 4 is 29.1 Å². The molecule has 3 unspecified atom stereocenters. The Morgan fingerprint density at radius 1 is 0.831 bits per heavy atom. The van der Waals surface area contributed by atoms with Gasteiger partial charge in [0.1, 0.15) is 23.9 Å². The number of carbonyl (C=O) groups is 3. The van der Waals surface area contributed by atoms with Crippen molar-refractivity contribution in [3.63, 3.8) is 0 Å². The molecule has 5 heterocycles. The lowest BCUT2D eigenvalue weighted by Gasteiger charge is -2.47. The number of imide groups is 1. The molecule has 1 aliphatic carbocycles. The van der Waals surface area contributed by atoms with Gasteiger partial charge < -0.3 is 29.3 Å². The Morgan fingerprint density at radius 3 is 2.36 bits per heavy atom. The van der Waals surface area contributed by atoms with Crippen LogP contribution >= 0.6 is 0 Å². The maximum absolute atomic E-state index is 12.5. The van der Waals surface area contributed by atoms with Crippen LogP contribution < -0.4 is 24.6 Å². The molecule has 4 aromatic carbocycles. The number of ether oxygens (including phenoxy) is 2. The van der Waals surface area contributed by atoms with Gasteiger partial charge in [0.05, 0.1) is 18.8 Å². The Bertz CT molecular complexity index is 2210. The maximum atomic E-state index is 12.5. The molecular weight excluding hydrogens is 743 g/mol. The number of methoxy groups -OCH3 is 1. The zero-order chi connectivity index (χ0) is 40.6. The summed E-state index contributed by atoms with van der Waals surface area (Å²) < 4.78 is 12.4. The molecule has 3 amide bonds. The molecule has 3 fully saturated rings. The molecule has 0 aromatic heterocycles. The second kappa shape index (κ2) is 16.6. The highest BCUT2D eigenvalue weighted by Crippen LogP contribution is 2.50. The van der Waals surface area contributed by atoms with Gasteiger partial charge in [-0.2, -0.15) is 0 Å². The summed E-state index contributed by atoms with van der Waals surface area (Å²) in [5.74, 6) is 3.13. The summed E-state index contributed by atoms with van der Waals surface area (Å²) in [6.07, 6.45) is 6.06. The van der Waals surface area contributed by atoms with Crippen molar-refractivity contribution in [2.75, 3.05) is 69.8 Å². The highest BCUT2D eigenvalue weighted by atomic mass is 16.5. The van der Waals surface area contributed by atoms with Gasteiger partial charge in [-0.1, -0.05) is 42.5 Å². The third-order valence-corrected chi connectivity index (χ3v) is 13.4. The standard InChI is InChI=1S/C43H48N4O4.C5H7NO2/c1-44-25-31-21-39-41(23-38(31)43(44)49)51-27-33-26-45(18-19-47(33)39)24-28-14-16-46(17-15-28)32-9-12-37(40(22-32)50-2)42-35(29-6-4-3-5-7-29)11-8-30-20-34(48)10-13-36(30)42;7-4-2-1-3-5(8)6-4/h3-7,9-10,12-13,20-23,28,33,35,42,48H,8,11,14-19,24-27H2,1-2H3;1-3H2,(H,6,7,8). The van der Waals surface area contributed by atoms with Crippen molar-refractivity contribution < 1.29 is 29.0 Å². The van der Waals surface area contributed by atoms with Crippen LogP contribution in [0.4, 0.5) is 11.4 Å². The van der Waals surface area contributed by atoms with E-state index in [9.17, 15) is 19.5 Å². The zero-order valence-electron chi connectivity index (χ0n) is 34.2. The summed E-state index contributed by atoms with van der Waals surface area (Å²) in [5, 5.41) is 12.5. The number of nitrogens with one attached hydrogen (secondary N) is 1. The molecule has 0 bridgehead atoms. The van der Waals surface area contributed by atoms with Crippen molar-refractivity contribution in [2.45, 2.75) is 69.4 Å². The molecule has 11 heteroatoms. The fourth-order valence-corrected chi connectivity index (χ4v) is 10.4. The number of amides is 3. The largest absolute Gasteiger partial charge is 0.508 e. The van der Waals surface area contributed by atoms with Crippen LogP contribution in [0.2, 0.25) is 0 Å². The van der Waals surface area contributed by atoms with E-state index in [1.165, 1.54) is 40.8 Å². The van der Waals surface area contributed by atoms with E-state index in [1.807, 2.05) is 25.2 Å². The summed E-state index contributed by atoms with van der Waals surface area (Å²) in [6.45, 7) is 7.63. The quantitative estimate of drug-likeness (QED) is 0.212. The second-order valence-corrected chi connectivity index (χ2v) is 17.2. The van der Waals surface area contributed by atoms with Gasteiger partial charge in [-0.25, -0.2) is 0 Å². The highest BCUT2D eigenvalue weighted by Gasteiger charge is 2.38. The van der Waals surface area contributed by atoms with Crippen LogP contribution in [0, 0.1) is 5.92 Å². The van der Waals surface area contributed by atoms with Crippen LogP contribution in [0.25, 0.3) is 0 Å². The van der Waals surface area contributed by atoms with Crippen LogP contribution in [0.3, 0.4) is 0 Å². The molecule has 5 aliphatic heterocycles. The lowest BCUT2D eigenvalue weighted by Crippen LogP contribution is -2.58. The lowest BCUT2D eigenvalue weighted by molar-refractivity contribution is -0.132. The number of hydrogen-bond donors (Lipinski definition) is 2. The minimum Gasteiger partial charge on any atom is -0.508 e. The summed E-state index contributed by atoms with van der Waals surface area (Å²) in [5.41, 5.74) is 9.39. The number of phenols is 1. The molecular formula is C48H55N5O6. The van der Waals surface area contributed by atoms with Crippen LogP contribution in [-0.4, -0.2) is 98.7 Å².